The summed E-state index contributed by atoms with van der Waals surface area (Å²) in [6, 6.07) is 0.748. The fraction of sp³-hybridized carbons (Fsp3) is 0.917. The van der Waals surface area contributed by atoms with Crippen molar-refractivity contribution in [3.8, 4) is 0 Å². The van der Waals surface area contributed by atoms with Gasteiger partial charge in [0.05, 0.1) is 13.1 Å². The van der Waals surface area contributed by atoms with Crippen LogP contribution in [0.3, 0.4) is 0 Å². The van der Waals surface area contributed by atoms with Crippen LogP contribution in [0.4, 0.5) is 0 Å². The van der Waals surface area contributed by atoms with Crippen LogP contribution in [0, 0.1) is 5.92 Å². The molecule has 0 heterocycles. The molecule has 6 heteroatoms. The van der Waals surface area contributed by atoms with Gasteiger partial charge in [-0.1, -0.05) is 87.0 Å². The van der Waals surface area contributed by atoms with Crippen LogP contribution in [0.1, 0.15) is 106 Å². The molecule has 0 aliphatic carbocycles. The molecule has 0 aliphatic rings. The number of carbonyl (C=O) groups is 2. The SMILES string of the molecule is CC(C)CCCCCNC(=O)CNC(C)C.CCCCCCNC(=O)CNC(C)C.[HH].[HH].[HH].[HH]. The van der Waals surface area contributed by atoms with Crippen LogP contribution < -0.4 is 21.3 Å². The van der Waals surface area contributed by atoms with Crippen molar-refractivity contribution >= 4 is 11.8 Å². The van der Waals surface area contributed by atoms with Gasteiger partial charge in [-0.05, 0) is 18.8 Å². The summed E-state index contributed by atoms with van der Waals surface area (Å²) in [7, 11) is 0. The molecule has 30 heavy (non-hydrogen) atoms. The zero-order valence-corrected chi connectivity index (χ0v) is 21.0. The van der Waals surface area contributed by atoms with E-state index in [1.165, 1.54) is 38.5 Å². The fourth-order valence-corrected chi connectivity index (χ4v) is 2.58. The van der Waals surface area contributed by atoms with Crippen LogP contribution in [0.15, 0.2) is 0 Å². The lowest BCUT2D eigenvalue weighted by Crippen LogP contribution is -2.37. The van der Waals surface area contributed by atoms with E-state index in [1.807, 2.05) is 27.7 Å². The molecule has 0 aromatic rings. The van der Waals surface area contributed by atoms with Crippen LogP contribution in [-0.2, 0) is 9.59 Å². The quantitative estimate of drug-likeness (QED) is 0.242. The molecular weight excluding hydrogens is 376 g/mol. The van der Waals surface area contributed by atoms with Crippen LogP contribution >= 0.6 is 0 Å². The lowest BCUT2D eigenvalue weighted by Gasteiger charge is -2.09. The van der Waals surface area contributed by atoms with Crippen molar-refractivity contribution in [3.05, 3.63) is 0 Å². The molecule has 6 nitrogen and oxygen atoms in total. The van der Waals surface area contributed by atoms with Crippen molar-refractivity contribution < 1.29 is 15.3 Å². The van der Waals surface area contributed by atoms with E-state index >= 15 is 0 Å². The number of hydrogen-bond acceptors (Lipinski definition) is 4. The number of unbranched alkanes of at least 4 members (excludes halogenated alkanes) is 5. The van der Waals surface area contributed by atoms with Crippen molar-refractivity contribution in [3.63, 3.8) is 0 Å². The standard InChI is InChI=1S/C13H28N2O.C11H24N2O.4H2/c1-11(2)8-6-5-7-9-14-13(16)10-15-12(3)4;1-4-5-6-7-8-12-11(14)9-13-10(2)3;;;;/h11-12,15H,5-10H2,1-4H3,(H,14,16);10,13H,4-9H2,1-3H3,(H,12,14);4*1H. The van der Waals surface area contributed by atoms with Gasteiger partial charge in [0.1, 0.15) is 0 Å². The van der Waals surface area contributed by atoms with Gasteiger partial charge in [-0.3, -0.25) is 9.59 Å². The molecule has 0 spiro atoms. The molecular formula is C24H60N4O2. The average molecular weight is 437 g/mol. The maximum Gasteiger partial charge on any atom is 0.233 e. The third-order valence-electron chi connectivity index (χ3n) is 4.47. The molecule has 0 saturated heterocycles. The molecule has 188 valence electrons. The van der Waals surface area contributed by atoms with E-state index in [1.54, 1.807) is 0 Å². The Morgan fingerprint density at radius 2 is 1.10 bits per heavy atom. The van der Waals surface area contributed by atoms with Crippen LogP contribution in [0.2, 0.25) is 0 Å². The zero-order chi connectivity index (χ0) is 23.2. The highest BCUT2D eigenvalue weighted by Gasteiger charge is 2.01. The van der Waals surface area contributed by atoms with Crippen LogP contribution in [0.25, 0.3) is 0 Å². The lowest BCUT2D eigenvalue weighted by molar-refractivity contribution is -0.121. The number of rotatable bonds is 17. The van der Waals surface area contributed by atoms with Crippen LogP contribution in [-0.4, -0.2) is 50.1 Å². The topological polar surface area (TPSA) is 82.3 Å². The van der Waals surface area contributed by atoms with Crippen molar-refractivity contribution in [2.45, 2.75) is 112 Å². The highest BCUT2D eigenvalue weighted by Crippen LogP contribution is 2.07. The Morgan fingerprint density at radius 3 is 1.47 bits per heavy atom. The Bertz CT molecular complexity index is 416. The molecule has 0 saturated carbocycles. The lowest BCUT2D eigenvalue weighted by atomic mass is 10.1. The normalized spacial score (nSPS) is 10.9. The number of nitrogens with one attached hydrogen (secondary N) is 4. The molecule has 0 atom stereocenters. The van der Waals surface area contributed by atoms with Crippen molar-refractivity contribution in [2.24, 2.45) is 5.92 Å². The van der Waals surface area contributed by atoms with Crippen molar-refractivity contribution in [1.82, 2.24) is 21.3 Å². The summed E-state index contributed by atoms with van der Waals surface area (Å²) in [5.41, 5.74) is 0. The molecule has 0 bridgehead atoms. The number of carbonyl (C=O) groups excluding carboxylic acids is 2. The summed E-state index contributed by atoms with van der Waals surface area (Å²) < 4.78 is 0. The van der Waals surface area contributed by atoms with Gasteiger partial charge >= 0.3 is 0 Å². The molecule has 0 aromatic heterocycles. The monoisotopic (exact) mass is 436 g/mol. The first-order chi connectivity index (χ1) is 14.2. The van der Waals surface area contributed by atoms with E-state index in [2.05, 4.69) is 42.0 Å². The predicted octanol–water partition coefficient (Wildman–Crippen LogP) is 4.98. The third-order valence-corrected chi connectivity index (χ3v) is 4.47. The number of hydrogen-bond donors (Lipinski definition) is 4. The Hall–Kier alpha value is -1.14. The highest BCUT2D eigenvalue weighted by molar-refractivity contribution is 5.78. The molecule has 0 aliphatic heterocycles. The fourth-order valence-electron chi connectivity index (χ4n) is 2.58. The molecule has 4 N–H and O–H groups in total. The molecule has 0 radical (unpaired) electrons. The first-order valence-corrected chi connectivity index (χ1v) is 12.2. The second-order valence-corrected chi connectivity index (χ2v) is 9.07. The van der Waals surface area contributed by atoms with Gasteiger partial charge in [-0.25, -0.2) is 0 Å². The van der Waals surface area contributed by atoms with Crippen molar-refractivity contribution in [2.75, 3.05) is 26.2 Å². The summed E-state index contributed by atoms with van der Waals surface area (Å²) in [5, 5.41) is 12.0. The molecule has 0 unspecified atom stereocenters. The summed E-state index contributed by atoms with van der Waals surface area (Å²) in [5.74, 6) is 1.01. The van der Waals surface area contributed by atoms with E-state index in [9.17, 15) is 9.59 Å². The Labute approximate surface area is 193 Å². The highest BCUT2D eigenvalue weighted by atomic mass is 16.2. The number of amides is 2. The smallest absolute Gasteiger partial charge is 0.233 e. The predicted molar refractivity (Wildman–Crippen MR) is 138 cm³/mol. The summed E-state index contributed by atoms with van der Waals surface area (Å²) in [6.45, 7) is 17.3. The van der Waals surface area contributed by atoms with Gasteiger partial charge in [0.2, 0.25) is 11.8 Å². The molecule has 2 amide bonds. The van der Waals surface area contributed by atoms with Crippen LogP contribution in [0.5, 0.6) is 0 Å². The minimum atomic E-state index is 0. The van der Waals surface area contributed by atoms with Gasteiger partial charge in [-0.2, -0.15) is 0 Å². The first-order valence-electron chi connectivity index (χ1n) is 12.2. The van der Waals surface area contributed by atoms with Gasteiger partial charge in [-0.15, -0.1) is 0 Å². The summed E-state index contributed by atoms with van der Waals surface area (Å²) >= 11 is 0. The Kier molecular flexibility index (Phi) is 23.3. The second-order valence-electron chi connectivity index (χ2n) is 9.07. The molecule has 0 aromatic carbocycles. The largest absolute Gasteiger partial charge is 0.355 e. The minimum Gasteiger partial charge on any atom is -0.355 e. The zero-order valence-electron chi connectivity index (χ0n) is 21.0. The van der Waals surface area contributed by atoms with Crippen molar-refractivity contribution in [1.29, 1.82) is 0 Å². The first kappa shape index (κ1) is 31.0. The van der Waals surface area contributed by atoms with Gasteiger partial charge in [0, 0.05) is 30.9 Å². The van der Waals surface area contributed by atoms with Gasteiger partial charge < -0.3 is 21.3 Å². The van der Waals surface area contributed by atoms with E-state index in [4.69, 9.17) is 0 Å². The van der Waals surface area contributed by atoms with E-state index in [0.29, 0.717) is 25.2 Å². The Morgan fingerprint density at radius 1 is 0.667 bits per heavy atom. The van der Waals surface area contributed by atoms with E-state index < -0.39 is 0 Å². The van der Waals surface area contributed by atoms with E-state index in [0.717, 1.165) is 31.8 Å². The molecule has 0 rings (SSSR count). The third kappa shape index (κ3) is 29.1. The average Bonchev–Trinajstić information content (AvgIpc) is 2.67. The maximum absolute atomic E-state index is 11.3. The molecule has 0 fully saturated rings. The van der Waals surface area contributed by atoms with E-state index in [-0.39, 0.29) is 17.5 Å². The summed E-state index contributed by atoms with van der Waals surface area (Å²) in [6.07, 6.45) is 9.70. The maximum atomic E-state index is 11.3. The summed E-state index contributed by atoms with van der Waals surface area (Å²) in [4.78, 5) is 22.5. The second kappa shape index (κ2) is 22.5. The van der Waals surface area contributed by atoms with Gasteiger partial charge in [0.15, 0.2) is 0 Å². The minimum absolute atomic E-state index is 0. The Balaban J connectivity index is -0.000000104. The van der Waals surface area contributed by atoms with Gasteiger partial charge in [0.25, 0.3) is 0 Å².